The first-order valence-electron chi connectivity index (χ1n) is 5.96. The Morgan fingerprint density at radius 3 is 2.50 bits per heavy atom. The van der Waals surface area contributed by atoms with Gasteiger partial charge in [0.25, 0.3) is 10.1 Å². The standard InChI is InChI=1S/C13H16O6S/c1-20(16,17)19-12(8-5-9-14)10-18-13(15)11-6-3-2-4-7-11/h2-4,6-7,9,12H,5,8,10H2,1H3. The third-order valence-corrected chi connectivity index (χ3v) is 2.95. The fourth-order valence-corrected chi connectivity index (χ4v) is 2.13. The van der Waals surface area contributed by atoms with Crippen LogP contribution in [0.3, 0.4) is 0 Å². The van der Waals surface area contributed by atoms with E-state index in [2.05, 4.69) is 0 Å². The average Bonchev–Trinajstić information content (AvgIpc) is 2.41. The Bertz CT molecular complexity index is 537. The zero-order chi connectivity index (χ0) is 15.0. The zero-order valence-corrected chi connectivity index (χ0v) is 11.8. The molecule has 1 aromatic rings. The molecule has 0 saturated heterocycles. The number of aldehydes is 1. The fraction of sp³-hybridized carbons (Fsp3) is 0.385. The van der Waals surface area contributed by atoms with E-state index in [0.29, 0.717) is 11.8 Å². The molecule has 0 aliphatic heterocycles. The van der Waals surface area contributed by atoms with Gasteiger partial charge in [0, 0.05) is 6.42 Å². The van der Waals surface area contributed by atoms with Crippen molar-refractivity contribution in [1.82, 2.24) is 0 Å². The Morgan fingerprint density at radius 1 is 1.30 bits per heavy atom. The van der Waals surface area contributed by atoms with Gasteiger partial charge in [-0.15, -0.1) is 0 Å². The van der Waals surface area contributed by atoms with Gasteiger partial charge < -0.3 is 9.53 Å². The lowest BCUT2D eigenvalue weighted by atomic mass is 10.2. The van der Waals surface area contributed by atoms with Crippen molar-refractivity contribution in [1.29, 1.82) is 0 Å². The van der Waals surface area contributed by atoms with E-state index in [1.807, 2.05) is 0 Å². The summed E-state index contributed by atoms with van der Waals surface area (Å²) in [6.45, 7) is -0.228. The molecule has 0 saturated carbocycles. The van der Waals surface area contributed by atoms with Crippen LogP contribution < -0.4 is 0 Å². The van der Waals surface area contributed by atoms with Gasteiger partial charge in [-0.2, -0.15) is 8.42 Å². The molecule has 0 aromatic heterocycles. The molecule has 20 heavy (non-hydrogen) atoms. The number of hydrogen-bond donors (Lipinski definition) is 0. The van der Waals surface area contributed by atoms with Crippen LogP contribution in [0.15, 0.2) is 30.3 Å². The van der Waals surface area contributed by atoms with Crippen LogP contribution in [-0.4, -0.2) is 39.6 Å². The fourth-order valence-electron chi connectivity index (χ4n) is 1.49. The summed E-state index contributed by atoms with van der Waals surface area (Å²) in [5.74, 6) is -0.571. The van der Waals surface area contributed by atoms with Gasteiger partial charge >= 0.3 is 5.97 Å². The van der Waals surface area contributed by atoms with E-state index in [-0.39, 0.29) is 19.4 Å². The van der Waals surface area contributed by atoms with Gasteiger partial charge in [-0.25, -0.2) is 4.79 Å². The third-order valence-electron chi connectivity index (χ3n) is 2.33. The van der Waals surface area contributed by atoms with Crippen molar-refractivity contribution in [3.63, 3.8) is 0 Å². The smallest absolute Gasteiger partial charge is 0.338 e. The van der Waals surface area contributed by atoms with Crippen molar-refractivity contribution in [2.75, 3.05) is 12.9 Å². The Balaban J connectivity index is 2.57. The topological polar surface area (TPSA) is 86.7 Å². The molecule has 0 heterocycles. The van der Waals surface area contributed by atoms with Crippen molar-refractivity contribution in [3.8, 4) is 0 Å². The first-order valence-corrected chi connectivity index (χ1v) is 7.78. The van der Waals surface area contributed by atoms with Crippen molar-refractivity contribution in [3.05, 3.63) is 35.9 Å². The van der Waals surface area contributed by atoms with Gasteiger partial charge in [-0.05, 0) is 18.6 Å². The number of esters is 1. The molecule has 0 spiro atoms. The summed E-state index contributed by atoms with van der Waals surface area (Å²) < 4.78 is 31.9. The van der Waals surface area contributed by atoms with E-state index in [4.69, 9.17) is 8.92 Å². The molecule has 1 unspecified atom stereocenters. The molecule has 1 aromatic carbocycles. The van der Waals surface area contributed by atoms with Crippen LogP contribution in [0.5, 0.6) is 0 Å². The van der Waals surface area contributed by atoms with Crippen LogP contribution in [0.1, 0.15) is 23.2 Å². The van der Waals surface area contributed by atoms with Gasteiger partial charge in [-0.3, -0.25) is 4.18 Å². The maximum Gasteiger partial charge on any atom is 0.338 e. The molecular formula is C13H16O6S. The highest BCUT2D eigenvalue weighted by molar-refractivity contribution is 7.86. The minimum Gasteiger partial charge on any atom is -0.459 e. The number of carbonyl (C=O) groups excluding carboxylic acids is 2. The molecule has 0 fully saturated rings. The monoisotopic (exact) mass is 300 g/mol. The predicted octanol–water partition coefficient (Wildman–Crippen LogP) is 1.17. The van der Waals surface area contributed by atoms with Crippen LogP contribution in [0, 0.1) is 0 Å². The highest BCUT2D eigenvalue weighted by Crippen LogP contribution is 2.08. The number of ether oxygens (including phenoxy) is 1. The molecule has 0 bridgehead atoms. The molecule has 1 atom stereocenters. The third kappa shape index (κ3) is 6.44. The summed E-state index contributed by atoms with van der Waals surface area (Å²) in [5, 5.41) is 0. The minimum absolute atomic E-state index is 0.128. The number of carbonyl (C=O) groups is 2. The quantitative estimate of drug-likeness (QED) is 0.407. The lowest BCUT2D eigenvalue weighted by Gasteiger charge is -2.15. The lowest BCUT2D eigenvalue weighted by molar-refractivity contribution is -0.108. The summed E-state index contributed by atoms with van der Waals surface area (Å²) in [4.78, 5) is 22.0. The summed E-state index contributed by atoms with van der Waals surface area (Å²) in [6.07, 6.45) is 0.988. The van der Waals surface area contributed by atoms with Crippen molar-refractivity contribution >= 4 is 22.4 Å². The molecule has 7 heteroatoms. The minimum atomic E-state index is -3.67. The SMILES string of the molecule is CS(=O)(=O)OC(CCC=O)COC(=O)c1ccccc1. The van der Waals surface area contributed by atoms with E-state index in [1.54, 1.807) is 30.3 Å². The average molecular weight is 300 g/mol. The van der Waals surface area contributed by atoms with Crippen molar-refractivity contribution < 1.29 is 26.9 Å². The predicted molar refractivity (Wildman–Crippen MR) is 71.7 cm³/mol. The van der Waals surface area contributed by atoms with Crippen molar-refractivity contribution in [2.45, 2.75) is 18.9 Å². The molecule has 110 valence electrons. The molecule has 1 rings (SSSR count). The van der Waals surface area contributed by atoms with Crippen LogP contribution in [0.25, 0.3) is 0 Å². The van der Waals surface area contributed by atoms with Crippen LogP contribution >= 0.6 is 0 Å². The van der Waals surface area contributed by atoms with Gasteiger partial charge in [0.05, 0.1) is 11.8 Å². The lowest BCUT2D eigenvalue weighted by Crippen LogP contribution is -2.25. The normalized spacial score (nSPS) is 12.7. The van der Waals surface area contributed by atoms with E-state index in [9.17, 15) is 18.0 Å². The van der Waals surface area contributed by atoms with Crippen LogP contribution in [0.4, 0.5) is 0 Å². The molecular weight excluding hydrogens is 284 g/mol. The Labute approximate surface area is 117 Å². The molecule has 0 aliphatic carbocycles. The van der Waals surface area contributed by atoms with Gasteiger partial charge in [-0.1, -0.05) is 18.2 Å². The molecule has 6 nitrogen and oxygen atoms in total. The first-order chi connectivity index (χ1) is 9.42. The molecule has 0 aliphatic rings. The summed E-state index contributed by atoms with van der Waals surface area (Å²) in [5.41, 5.74) is 0.362. The van der Waals surface area contributed by atoms with E-state index >= 15 is 0 Å². The summed E-state index contributed by atoms with van der Waals surface area (Å²) in [6, 6.07) is 8.30. The Morgan fingerprint density at radius 2 is 1.95 bits per heavy atom. The van der Waals surface area contributed by atoms with Crippen molar-refractivity contribution in [2.24, 2.45) is 0 Å². The number of benzene rings is 1. The van der Waals surface area contributed by atoms with Gasteiger partial charge in [0.1, 0.15) is 19.0 Å². The first kappa shape index (κ1) is 16.3. The van der Waals surface area contributed by atoms with E-state index in [1.165, 1.54) is 0 Å². The molecule has 0 radical (unpaired) electrons. The van der Waals surface area contributed by atoms with Crippen LogP contribution in [-0.2, 0) is 23.8 Å². The maximum atomic E-state index is 11.7. The number of rotatable bonds is 8. The summed E-state index contributed by atoms with van der Waals surface area (Å²) >= 11 is 0. The van der Waals surface area contributed by atoms with E-state index < -0.39 is 22.2 Å². The highest BCUT2D eigenvalue weighted by Gasteiger charge is 2.18. The number of hydrogen-bond acceptors (Lipinski definition) is 6. The molecule has 0 amide bonds. The Kier molecular flexibility index (Phi) is 6.33. The van der Waals surface area contributed by atoms with Gasteiger partial charge in [0.15, 0.2) is 0 Å². The van der Waals surface area contributed by atoms with E-state index in [0.717, 1.165) is 6.26 Å². The molecule has 0 N–H and O–H groups in total. The van der Waals surface area contributed by atoms with Gasteiger partial charge in [0.2, 0.25) is 0 Å². The largest absolute Gasteiger partial charge is 0.459 e. The van der Waals surface area contributed by atoms with Crippen LogP contribution in [0.2, 0.25) is 0 Å². The summed E-state index contributed by atoms with van der Waals surface area (Å²) in [7, 11) is -3.67. The Hall–Kier alpha value is -1.73. The maximum absolute atomic E-state index is 11.7. The zero-order valence-electron chi connectivity index (χ0n) is 11.0. The highest BCUT2D eigenvalue weighted by atomic mass is 32.2. The second kappa shape index (κ2) is 7.76. The second-order valence-electron chi connectivity index (χ2n) is 4.13. The second-order valence-corrected chi connectivity index (χ2v) is 5.73.